The molecule has 2 heterocycles. The highest BCUT2D eigenvalue weighted by molar-refractivity contribution is 5.76. The van der Waals surface area contributed by atoms with Crippen LogP contribution in [0.3, 0.4) is 0 Å². The minimum atomic E-state index is -0.504. The first-order valence-electron chi connectivity index (χ1n) is 7.24. The molecule has 0 saturated carbocycles. The van der Waals surface area contributed by atoms with E-state index in [1.807, 2.05) is 32.6 Å². The number of ether oxygens (including phenoxy) is 2. The fourth-order valence-electron chi connectivity index (χ4n) is 2.26. The van der Waals surface area contributed by atoms with Gasteiger partial charge in [-0.2, -0.15) is 0 Å². The lowest BCUT2D eigenvalue weighted by atomic mass is 10.3. The quantitative estimate of drug-likeness (QED) is 0.760. The maximum atomic E-state index is 11.9. The predicted octanol–water partition coefficient (Wildman–Crippen LogP) is 1.33. The normalized spacial score (nSPS) is 27.7. The average molecular weight is 272 g/mol. The highest BCUT2D eigenvalue weighted by Gasteiger charge is 2.34. The average Bonchev–Trinajstić information content (AvgIpc) is 2.64. The molecular formula is C14H28N2O3. The smallest absolute Gasteiger partial charge is 0.223 e. The van der Waals surface area contributed by atoms with Gasteiger partial charge in [-0.15, -0.1) is 0 Å². The van der Waals surface area contributed by atoms with Crippen molar-refractivity contribution in [1.82, 2.24) is 9.80 Å². The van der Waals surface area contributed by atoms with Crippen molar-refractivity contribution in [3.63, 3.8) is 0 Å². The Hall–Kier alpha value is -0.650. The van der Waals surface area contributed by atoms with E-state index >= 15 is 0 Å². The number of carbonyl (C=O) groups excluding carboxylic acids is 1. The van der Waals surface area contributed by atoms with Crippen LogP contribution in [0.5, 0.6) is 0 Å². The Morgan fingerprint density at radius 3 is 2.53 bits per heavy atom. The third kappa shape index (κ3) is 5.09. The van der Waals surface area contributed by atoms with Crippen molar-refractivity contribution in [3.05, 3.63) is 0 Å². The van der Waals surface area contributed by atoms with E-state index in [4.69, 9.17) is 9.47 Å². The van der Waals surface area contributed by atoms with Crippen LogP contribution < -0.4 is 0 Å². The molecule has 2 saturated heterocycles. The van der Waals surface area contributed by atoms with Crippen LogP contribution in [0.1, 0.15) is 34.1 Å². The number of hydrogen-bond acceptors (Lipinski definition) is 4. The van der Waals surface area contributed by atoms with Crippen molar-refractivity contribution in [2.24, 2.45) is 0 Å². The van der Waals surface area contributed by atoms with Gasteiger partial charge in [-0.25, -0.2) is 0 Å². The van der Waals surface area contributed by atoms with Crippen molar-refractivity contribution < 1.29 is 14.3 Å². The number of hydrogen-bond donors (Lipinski definition) is 0. The first kappa shape index (κ1) is 16.4. The summed E-state index contributed by atoms with van der Waals surface area (Å²) in [7, 11) is 2.05. The van der Waals surface area contributed by atoms with E-state index in [1.54, 1.807) is 0 Å². The predicted molar refractivity (Wildman–Crippen MR) is 74.9 cm³/mol. The fourth-order valence-corrected chi connectivity index (χ4v) is 2.26. The van der Waals surface area contributed by atoms with Crippen molar-refractivity contribution in [3.8, 4) is 0 Å². The molecule has 0 aliphatic carbocycles. The largest absolute Gasteiger partial charge is 0.348 e. The molecule has 5 nitrogen and oxygen atoms in total. The topological polar surface area (TPSA) is 42.0 Å². The molecule has 2 rings (SSSR count). The SMILES string of the molecule is CC.CN1CCC(=O)N(CC2COC(C)(C)O2)CC1. The summed E-state index contributed by atoms with van der Waals surface area (Å²) in [6.07, 6.45) is 0.616. The molecule has 19 heavy (non-hydrogen) atoms. The highest BCUT2D eigenvalue weighted by atomic mass is 16.7. The summed E-state index contributed by atoms with van der Waals surface area (Å²) in [6.45, 7) is 11.6. The molecule has 2 fully saturated rings. The molecule has 1 atom stereocenters. The van der Waals surface area contributed by atoms with E-state index in [0.717, 1.165) is 19.6 Å². The van der Waals surface area contributed by atoms with Gasteiger partial charge >= 0.3 is 0 Å². The Kier molecular flexibility index (Phi) is 6.23. The molecule has 112 valence electrons. The monoisotopic (exact) mass is 272 g/mol. The summed E-state index contributed by atoms with van der Waals surface area (Å²) in [5.74, 6) is -0.279. The van der Waals surface area contributed by atoms with Crippen LogP contribution in [0.2, 0.25) is 0 Å². The van der Waals surface area contributed by atoms with Crippen LogP contribution in [0.15, 0.2) is 0 Å². The number of amides is 1. The van der Waals surface area contributed by atoms with Crippen molar-refractivity contribution in [2.75, 3.05) is 39.8 Å². The maximum Gasteiger partial charge on any atom is 0.223 e. The van der Waals surface area contributed by atoms with Gasteiger partial charge in [-0.05, 0) is 20.9 Å². The number of rotatable bonds is 2. The lowest BCUT2D eigenvalue weighted by Crippen LogP contribution is -2.40. The summed E-state index contributed by atoms with van der Waals surface area (Å²) in [6, 6.07) is 0. The zero-order valence-electron chi connectivity index (χ0n) is 12.9. The summed E-state index contributed by atoms with van der Waals surface area (Å²) in [5, 5.41) is 0. The first-order chi connectivity index (χ1) is 8.96. The molecule has 1 unspecified atom stereocenters. The molecule has 5 heteroatoms. The molecule has 0 radical (unpaired) electrons. The van der Waals surface area contributed by atoms with Crippen LogP contribution in [0.4, 0.5) is 0 Å². The van der Waals surface area contributed by atoms with E-state index in [1.165, 1.54) is 0 Å². The van der Waals surface area contributed by atoms with Gasteiger partial charge in [0.2, 0.25) is 5.91 Å². The van der Waals surface area contributed by atoms with Crippen molar-refractivity contribution >= 4 is 5.91 Å². The van der Waals surface area contributed by atoms with Gasteiger partial charge in [0.05, 0.1) is 6.61 Å². The summed E-state index contributed by atoms with van der Waals surface area (Å²) < 4.78 is 11.2. The minimum Gasteiger partial charge on any atom is -0.348 e. The van der Waals surface area contributed by atoms with Gasteiger partial charge in [0.1, 0.15) is 6.10 Å². The van der Waals surface area contributed by atoms with Crippen LogP contribution in [-0.2, 0) is 14.3 Å². The number of nitrogens with zero attached hydrogens (tertiary/aromatic N) is 2. The van der Waals surface area contributed by atoms with E-state index in [2.05, 4.69) is 11.9 Å². The van der Waals surface area contributed by atoms with Crippen LogP contribution in [0.25, 0.3) is 0 Å². The summed E-state index contributed by atoms with van der Waals surface area (Å²) >= 11 is 0. The Morgan fingerprint density at radius 1 is 1.26 bits per heavy atom. The molecule has 0 bridgehead atoms. The zero-order valence-corrected chi connectivity index (χ0v) is 12.9. The second-order valence-electron chi connectivity index (χ2n) is 5.34. The summed E-state index contributed by atoms with van der Waals surface area (Å²) in [5.41, 5.74) is 0. The van der Waals surface area contributed by atoms with Crippen LogP contribution >= 0.6 is 0 Å². The molecule has 0 N–H and O–H groups in total. The molecule has 0 spiro atoms. The van der Waals surface area contributed by atoms with Crippen molar-refractivity contribution in [1.29, 1.82) is 0 Å². The Bertz CT molecular complexity index is 294. The third-order valence-electron chi connectivity index (χ3n) is 3.30. The lowest BCUT2D eigenvalue weighted by Gasteiger charge is -2.24. The van der Waals surface area contributed by atoms with Gasteiger partial charge < -0.3 is 19.3 Å². The second kappa shape index (κ2) is 7.22. The van der Waals surface area contributed by atoms with Crippen molar-refractivity contribution in [2.45, 2.75) is 46.0 Å². The van der Waals surface area contributed by atoms with Gasteiger partial charge in [-0.1, -0.05) is 13.8 Å². The molecule has 0 aromatic carbocycles. The molecule has 2 aliphatic heterocycles. The fraction of sp³-hybridized carbons (Fsp3) is 0.929. The number of carbonyl (C=O) groups is 1. The standard InChI is InChI=1S/C12H22N2O3.C2H6/c1-12(2)16-9-10(17-12)8-14-7-6-13(3)5-4-11(14)15;1-2/h10H,4-9H2,1-3H3;1-2H3. The van der Waals surface area contributed by atoms with Gasteiger partial charge in [0, 0.05) is 32.6 Å². The molecular weight excluding hydrogens is 244 g/mol. The Labute approximate surface area is 116 Å². The minimum absolute atomic E-state index is 0.0114. The van der Waals surface area contributed by atoms with Crippen LogP contribution in [0, 0.1) is 0 Å². The Balaban J connectivity index is 0.000000861. The van der Waals surface area contributed by atoms with Crippen LogP contribution in [-0.4, -0.2) is 67.4 Å². The molecule has 1 amide bonds. The van der Waals surface area contributed by atoms with E-state index in [-0.39, 0.29) is 12.0 Å². The lowest BCUT2D eigenvalue weighted by molar-refractivity contribution is -0.145. The molecule has 0 aromatic heterocycles. The van der Waals surface area contributed by atoms with Gasteiger partial charge in [0.25, 0.3) is 0 Å². The molecule has 0 aromatic rings. The van der Waals surface area contributed by atoms with E-state index < -0.39 is 5.79 Å². The van der Waals surface area contributed by atoms with Gasteiger partial charge in [0.15, 0.2) is 5.79 Å². The summed E-state index contributed by atoms with van der Waals surface area (Å²) in [4.78, 5) is 16.0. The third-order valence-corrected chi connectivity index (χ3v) is 3.30. The number of likely N-dealkylation sites (N-methyl/N-ethyl adjacent to an activating group) is 1. The first-order valence-corrected chi connectivity index (χ1v) is 7.24. The van der Waals surface area contributed by atoms with E-state index in [9.17, 15) is 4.79 Å². The maximum absolute atomic E-state index is 11.9. The second-order valence-corrected chi connectivity index (χ2v) is 5.34. The van der Waals surface area contributed by atoms with Gasteiger partial charge in [-0.3, -0.25) is 4.79 Å². The highest BCUT2D eigenvalue weighted by Crippen LogP contribution is 2.23. The zero-order chi connectivity index (χ0) is 14.5. The van der Waals surface area contributed by atoms with E-state index in [0.29, 0.717) is 19.6 Å². The Morgan fingerprint density at radius 2 is 1.95 bits per heavy atom. The molecule has 2 aliphatic rings.